The second kappa shape index (κ2) is 6.54. The standard InChI is InChI=1S/C14H23NO/c1-4-5-14(11(2)10-15)12-6-8-13(16-3)9-7-12/h6-9,11,14H,4-5,10,15H2,1-3H3. The average molecular weight is 221 g/mol. The van der Waals surface area contributed by atoms with E-state index in [0.29, 0.717) is 11.8 Å². The van der Waals surface area contributed by atoms with E-state index in [1.165, 1.54) is 18.4 Å². The third-order valence-electron chi connectivity index (χ3n) is 3.20. The predicted molar refractivity (Wildman–Crippen MR) is 68.9 cm³/mol. The van der Waals surface area contributed by atoms with Gasteiger partial charge in [0.1, 0.15) is 5.75 Å². The number of ether oxygens (including phenoxy) is 1. The number of rotatable bonds is 6. The molecule has 2 atom stereocenters. The zero-order valence-corrected chi connectivity index (χ0v) is 10.6. The highest BCUT2D eigenvalue weighted by molar-refractivity contribution is 5.29. The van der Waals surface area contributed by atoms with Crippen LogP contribution in [0.2, 0.25) is 0 Å². The molecule has 0 aliphatic heterocycles. The molecule has 16 heavy (non-hydrogen) atoms. The molecule has 2 nitrogen and oxygen atoms in total. The highest BCUT2D eigenvalue weighted by atomic mass is 16.5. The van der Waals surface area contributed by atoms with Gasteiger partial charge in [-0.25, -0.2) is 0 Å². The van der Waals surface area contributed by atoms with E-state index >= 15 is 0 Å². The molecule has 1 rings (SSSR count). The smallest absolute Gasteiger partial charge is 0.118 e. The fourth-order valence-electron chi connectivity index (χ4n) is 2.11. The first kappa shape index (κ1) is 13.0. The SMILES string of the molecule is CCCC(c1ccc(OC)cc1)C(C)CN. The summed E-state index contributed by atoms with van der Waals surface area (Å²) in [6.45, 7) is 5.20. The molecule has 0 aliphatic carbocycles. The van der Waals surface area contributed by atoms with Gasteiger partial charge in [0.2, 0.25) is 0 Å². The van der Waals surface area contributed by atoms with Crippen LogP contribution in [0.15, 0.2) is 24.3 Å². The van der Waals surface area contributed by atoms with E-state index in [2.05, 4.69) is 26.0 Å². The highest BCUT2D eigenvalue weighted by Crippen LogP contribution is 2.29. The Morgan fingerprint density at radius 1 is 1.25 bits per heavy atom. The van der Waals surface area contributed by atoms with Crippen molar-refractivity contribution in [1.29, 1.82) is 0 Å². The van der Waals surface area contributed by atoms with Crippen molar-refractivity contribution < 1.29 is 4.74 Å². The van der Waals surface area contributed by atoms with E-state index < -0.39 is 0 Å². The van der Waals surface area contributed by atoms with Crippen LogP contribution >= 0.6 is 0 Å². The van der Waals surface area contributed by atoms with Gasteiger partial charge in [0.15, 0.2) is 0 Å². The Hall–Kier alpha value is -1.02. The van der Waals surface area contributed by atoms with Crippen molar-refractivity contribution in [3.05, 3.63) is 29.8 Å². The lowest BCUT2D eigenvalue weighted by atomic mass is 9.84. The summed E-state index contributed by atoms with van der Waals surface area (Å²) in [7, 11) is 1.70. The van der Waals surface area contributed by atoms with Gasteiger partial charge in [-0.3, -0.25) is 0 Å². The zero-order valence-electron chi connectivity index (χ0n) is 10.6. The lowest BCUT2D eigenvalue weighted by Gasteiger charge is -2.23. The van der Waals surface area contributed by atoms with Crippen molar-refractivity contribution in [3.8, 4) is 5.75 Å². The van der Waals surface area contributed by atoms with Crippen molar-refractivity contribution >= 4 is 0 Å². The van der Waals surface area contributed by atoms with Gasteiger partial charge in [0.05, 0.1) is 7.11 Å². The number of nitrogens with two attached hydrogens (primary N) is 1. The van der Waals surface area contributed by atoms with Gasteiger partial charge in [0, 0.05) is 0 Å². The first-order valence-electron chi connectivity index (χ1n) is 6.06. The maximum atomic E-state index is 5.77. The molecule has 0 bridgehead atoms. The van der Waals surface area contributed by atoms with Gasteiger partial charge < -0.3 is 10.5 Å². The number of hydrogen-bond donors (Lipinski definition) is 1. The van der Waals surface area contributed by atoms with E-state index in [1.54, 1.807) is 7.11 Å². The van der Waals surface area contributed by atoms with Crippen LogP contribution in [-0.4, -0.2) is 13.7 Å². The molecule has 0 aliphatic rings. The Morgan fingerprint density at radius 2 is 1.88 bits per heavy atom. The minimum atomic E-state index is 0.536. The van der Waals surface area contributed by atoms with Crippen molar-refractivity contribution in [2.45, 2.75) is 32.6 Å². The molecule has 0 spiro atoms. The fourth-order valence-corrected chi connectivity index (χ4v) is 2.11. The summed E-state index contributed by atoms with van der Waals surface area (Å²) in [6.07, 6.45) is 2.39. The van der Waals surface area contributed by atoms with E-state index in [0.717, 1.165) is 12.3 Å². The Kier molecular flexibility index (Phi) is 5.33. The number of methoxy groups -OCH3 is 1. The summed E-state index contributed by atoms with van der Waals surface area (Å²) >= 11 is 0. The van der Waals surface area contributed by atoms with Gasteiger partial charge in [0.25, 0.3) is 0 Å². The van der Waals surface area contributed by atoms with Crippen LogP contribution in [-0.2, 0) is 0 Å². The van der Waals surface area contributed by atoms with E-state index in [4.69, 9.17) is 10.5 Å². The van der Waals surface area contributed by atoms with Crippen LogP contribution in [0.1, 0.15) is 38.2 Å². The summed E-state index contributed by atoms with van der Waals surface area (Å²) in [5.74, 6) is 2.02. The zero-order chi connectivity index (χ0) is 12.0. The summed E-state index contributed by atoms with van der Waals surface area (Å²) < 4.78 is 5.17. The number of hydrogen-bond acceptors (Lipinski definition) is 2. The van der Waals surface area contributed by atoms with Crippen molar-refractivity contribution in [2.24, 2.45) is 11.7 Å². The molecule has 90 valence electrons. The third kappa shape index (κ3) is 3.24. The molecule has 1 aromatic carbocycles. The van der Waals surface area contributed by atoms with Crippen LogP contribution in [0.5, 0.6) is 5.75 Å². The van der Waals surface area contributed by atoms with Crippen molar-refractivity contribution in [2.75, 3.05) is 13.7 Å². The molecule has 0 radical (unpaired) electrons. The van der Waals surface area contributed by atoms with Gasteiger partial charge in [-0.05, 0) is 42.5 Å². The van der Waals surface area contributed by atoms with Crippen LogP contribution in [0, 0.1) is 5.92 Å². The molecule has 0 amide bonds. The second-order valence-electron chi connectivity index (χ2n) is 4.38. The predicted octanol–water partition coefficient (Wildman–Crippen LogP) is 3.17. The van der Waals surface area contributed by atoms with Crippen molar-refractivity contribution in [1.82, 2.24) is 0 Å². The largest absolute Gasteiger partial charge is 0.497 e. The van der Waals surface area contributed by atoms with E-state index in [-0.39, 0.29) is 0 Å². The maximum Gasteiger partial charge on any atom is 0.118 e. The minimum Gasteiger partial charge on any atom is -0.497 e. The lowest BCUT2D eigenvalue weighted by molar-refractivity contribution is 0.412. The Morgan fingerprint density at radius 3 is 2.31 bits per heavy atom. The van der Waals surface area contributed by atoms with Gasteiger partial charge >= 0.3 is 0 Å². The van der Waals surface area contributed by atoms with E-state index in [1.807, 2.05) is 12.1 Å². The van der Waals surface area contributed by atoms with E-state index in [9.17, 15) is 0 Å². The van der Waals surface area contributed by atoms with Gasteiger partial charge in [-0.1, -0.05) is 32.4 Å². The molecule has 2 N–H and O–H groups in total. The molecule has 2 heteroatoms. The summed E-state index contributed by atoms with van der Waals surface area (Å²) in [5, 5.41) is 0. The van der Waals surface area contributed by atoms with Gasteiger partial charge in [-0.15, -0.1) is 0 Å². The molecule has 0 saturated heterocycles. The normalized spacial score (nSPS) is 14.5. The summed E-state index contributed by atoms with van der Waals surface area (Å²) in [4.78, 5) is 0. The van der Waals surface area contributed by atoms with Crippen LogP contribution < -0.4 is 10.5 Å². The van der Waals surface area contributed by atoms with Crippen LogP contribution in [0.25, 0.3) is 0 Å². The molecule has 2 unspecified atom stereocenters. The molecular weight excluding hydrogens is 198 g/mol. The molecule has 1 aromatic rings. The average Bonchev–Trinajstić information content (AvgIpc) is 2.35. The van der Waals surface area contributed by atoms with Crippen LogP contribution in [0.3, 0.4) is 0 Å². The third-order valence-corrected chi connectivity index (χ3v) is 3.20. The second-order valence-corrected chi connectivity index (χ2v) is 4.38. The first-order chi connectivity index (χ1) is 7.72. The molecular formula is C14H23NO. The monoisotopic (exact) mass is 221 g/mol. The lowest BCUT2D eigenvalue weighted by Crippen LogP contribution is -2.19. The minimum absolute atomic E-state index is 0.536. The molecule has 0 aromatic heterocycles. The summed E-state index contributed by atoms with van der Waals surface area (Å²) in [5.41, 5.74) is 7.15. The molecule has 0 fully saturated rings. The Labute approximate surface area is 98.8 Å². The quantitative estimate of drug-likeness (QED) is 0.800. The Balaban J connectivity index is 2.83. The first-order valence-corrected chi connectivity index (χ1v) is 6.06. The van der Waals surface area contributed by atoms with Gasteiger partial charge in [-0.2, -0.15) is 0 Å². The number of benzene rings is 1. The Bertz CT molecular complexity index is 294. The van der Waals surface area contributed by atoms with Crippen LogP contribution in [0.4, 0.5) is 0 Å². The summed E-state index contributed by atoms with van der Waals surface area (Å²) in [6, 6.07) is 8.37. The molecule has 0 saturated carbocycles. The highest BCUT2D eigenvalue weighted by Gasteiger charge is 2.17. The topological polar surface area (TPSA) is 35.2 Å². The molecule has 0 heterocycles. The fraction of sp³-hybridized carbons (Fsp3) is 0.571. The maximum absolute atomic E-state index is 5.77. The van der Waals surface area contributed by atoms with Crippen molar-refractivity contribution in [3.63, 3.8) is 0 Å².